The molecule has 2 saturated carbocycles. The van der Waals surface area contributed by atoms with E-state index >= 15 is 0 Å². The topological polar surface area (TPSA) is 18.5 Å². The summed E-state index contributed by atoms with van der Waals surface area (Å²) in [4.78, 5) is 0. The Morgan fingerprint density at radius 3 is 2.50 bits per heavy atom. The average molecular weight is 429 g/mol. The molecule has 0 heterocycles. The Morgan fingerprint density at radius 2 is 1.80 bits per heavy atom. The van der Waals surface area contributed by atoms with Crippen molar-refractivity contribution in [2.45, 2.75) is 50.4 Å². The number of rotatable bonds is 9. The first-order valence-electron chi connectivity index (χ1n) is 11.4. The van der Waals surface area contributed by atoms with Crippen molar-refractivity contribution in [3.8, 4) is 11.5 Å². The van der Waals surface area contributed by atoms with Gasteiger partial charge in [0.1, 0.15) is 17.3 Å². The van der Waals surface area contributed by atoms with Gasteiger partial charge in [0.05, 0.1) is 13.7 Å². The zero-order chi connectivity index (χ0) is 20.9. The molecule has 2 fully saturated rings. The summed E-state index contributed by atoms with van der Waals surface area (Å²) in [7, 11) is 2.64. The summed E-state index contributed by atoms with van der Waals surface area (Å²) < 4.78 is 25.8. The second-order valence-corrected chi connectivity index (χ2v) is 10.1. The lowest BCUT2D eigenvalue weighted by molar-refractivity contribution is 0.199. The van der Waals surface area contributed by atoms with Crippen LogP contribution in [0.5, 0.6) is 11.5 Å². The molecule has 0 amide bonds. The molecule has 0 aromatic heterocycles. The van der Waals surface area contributed by atoms with Gasteiger partial charge in [0.2, 0.25) is 0 Å². The van der Waals surface area contributed by atoms with Crippen LogP contribution in [-0.4, -0.2) is 26.5 Å². The van der Waals surface area contributed by atoms with E-state index in [0.29, 0.717) is 11.8 Å². The van der Waals surface area contributed by atoms with E-state index in [1.807, 2.05) is 6.07 Å². The van der Waals surface area contributed by atoms with Gasteiger partial charge >= 0.3 is 0 Å². The van der Waals surface area contributed by atoms with E-state index in [2.05, 4.69) is 30.9 Å². The fourth-order valence-electron chi connectivity index (χ4n) is 4.93. The molecule has 2 aliphatic rings. The second kappa shape index (κ2) is 10.1. The van der Waals surface area contributed by atoms with Crippen LogP contribution in [0.1, 0.15) is 61.5 Å². The van der Waals surface area contributed by atoms with Gasteiger partial charge in [0, 0.05) is 0 Å². The normalized spacial score (nSPS) is 22.9. The predicted octanol–water partition coefficient (Wildman–Crippen LogP) is 6.99. The van der Waals surface area contributed by atoms with Crippen LogP contribution in [0.3, 0.4) is 0 Å². The number of halogens is 1. The third-order valence-corrected chi connectivity index (χ3v) is 7.72. The summed E-state index contributed by atoms with van der Waals surface area (Å²) in [5.41, 5.74) is 2.27. The largest absolute Gasteiger partial charge is 0.497 e. The standard InChI is InChI=1S/C26H34FO2P/c1-28-22-12-13-26(27)24(15-22)19-8-6-18(7-9-19)16-29-23-5-3-4-21(14-23)25(17-30-2)20-10-11-20/h3-5,12-15,18-20,25,30H,6-11,16-17H2,1-2H3/t18-,19-,25-/m1/s1. The quantitative estimate of drug-likeness (QED) is 0.401. The van der Waals surface area contributed by atoms with Crippen molar-refractivity contribution >= 4 is 8.58 Å². The van der Waals surface area contributed by atoms with E-state index in [9.17, 15) is 4.39 Å². The molecule has 162 valence electrons. The van der Waals surface area contributed by atoms with Crippen LogP contribution >= 0.6 is 8.58 Å². The van der Waals surface area contributed by atoms with Crippen LogP contribution in [0.25, 0.3) is 0 Å². The summed E-state index contributed by atoms with van der Waals surface area (Å²) in [5, 5.41) is 0. The van der Waals surface area contributed by atoms with Crippen LogP contribution in [0.15, 0.2) is 42.5 Å². The lowest BCUT2D eigenvalue weighted by Gasteiger charge is -2.29. The number of hydrogen-bond donors (Lipinski definition) is 0. The van der Waals surface area contributed by atoms with Gasteiger partial charge in [-0.25, -0.2) is 4.39 Å². The van der Waals surface area contributed by atoms with E-state index in [1.165, 1.54) is 30.6 Å². The van der Waals surface area contributed by atoms with Crippen molar-refractivity contribution in [1.29, 1.82) is 0 Å². The Balaban J connectivity index is 1.30. The summed E-state index contributed by atoms with van der Waals surface area (Å²) in [5.74, 6) is 4.09. The number of benzene rings is 2. The third kappa shape index (κ3) is 5.35. The van der Waals surface area contributed by atoms with Crippen molar-refractivity contribution in [2.75, 3.05) is 26.5 Å². The molecular weight excluding hydrogens is 394 g/mol. The van der Waals surface area contributed by atoms with Crippen molar-refractivity contribution in [2.24, 2.45) is 11.8 Å². The van der Waals surface area contributed by atoms with Crippen LogP contribution in [0, 0.1) is 17.7 Å². The highest BCUT2D eigenvalue weighted by molar-refractivity contribution is 7.37. The molecular formula is C26H34FO2P. The Hall–Kier alpha value is -1.60. The van der Waals surface area contributed by atoms with Crippen LogP contribution in [0.4, 0.5) is 4.39 Å². The zero-order valence-corrected chi connectivity index (χ0v) is 19.2. The molecule has 0 N–H and O–H groups in total. The molecule has 2 aliphatic carbocycles. The number of methoxy groups -OCH3 is 1. The molecule has 0 saturated heterocycles. The van der Waals surface area contributed by atoms with E-state index in [-0.39, 0.29) is 11.7 Å². The highest BCUT2D eigenvalue weighted by Crippen LogP contribution is 2.45. The molecule has 2 aromatic carbocycles. The number of ether oxygens (including phenoxy) is 2. The van der Waals surface area contributed by atoms with Gasteiger partial charge in [-0.3, -0.25) is 0 Å². The van der Waals surface area contributed by atoms with E-state index < -0.39 is 0 Å². The minimum Gasteiger partial charge on any atom is -0.497 e. The van der Waals surface area contributed by atoms with E-state index in [4.69, 9.17) is 9.47 Å². The van der Waals surface area contributed by atoms with Crippen molar-refractivity contribution in [1.82, 2.24) is 0 Å². The summed E-state index contributed by atoms with van der Waals surface area (Å²) in [6, 6.07) is 13.9. The van der Waals surface area contributed by atoms with Crippen LogP contribution < -0.4 is 9.47 Å². The predicted molar refractivity (Wildman–Crippen MR) is 124 cm³/mol. The van der Waals surface area contributed by atoms with E-state index in [0.717, 1.165) is 63.9 Å². The maximum atomic E-state index is 14.3. The monoisotopic (exact) mass is 428 g/mol. The Kier molecular flexibility index (Phi) is 7.31. The minimum atomic E-state index is -0.106. The molecule has 2 atom stereocenters. The molecule has 0 aliphatic heterocycles. The Bertz CT molecular complexity index is 828. The van der Waals surface area contributed by atoms with Crippen molar-refractivity contribution in [3.63, 3.8) is 0 Å². The van der Waals surface area contributed by atoms with Crippen molar-refractivity contribution in [3.05, 3.63) is 59.4 Å². The highest BCUT2D eigenvalue weighted by atomic mass is 31.1. The molecule has 1 unspecified atom stereocenters. The second-order valence-electron chi connectivity index (χ2n) is 8.99. The van der Waals surface area contributed by atoms with Crippen molar-refractivity contribution < 1.29 is 13.9 Å². The first-order chi connectivity index (χ1) is 14.7. The Labute approximate surface area is 182 Å². The first-order valence-corrected chi connectivity index (χ1v) is 13.1. The van der Waals surface area contributed by atoms with Gasteiger partial charge in [-0.1, -0.05) is 12.1 Å². The van der Waals surface area contributed by atoms with Gasteiger partial charge in [0.15, 0.2) is 0 Å². The smallest absolute Gasteiger partial charge is 0.126 e. The fourth-order valence-corrected chi connectivity index (χ4v) is 5.93. The molecule has 2 nitrogen and oxygen atoms in total. The zero-order valence-electron chi connectivity index (χ0n) is 18.2. The maximum Gasteiger partial charge on any atom is 0.126 e. The number of hydrogen-bond acceptors (Lipinski definition) is 2. The van der Waals surface area contributed by atoms with Gasteiger partial charge in [-0.2, -0.15) is 0 Å². The molecule has 0 radical (unpaired) electrons. The van der Waals surface area contributed by atoms with Gasteiger partial charge in [0.25, 0.3) is 0 Å². The van der Waals surface area contributed by atoms with Crippen LogP contribution in [-0.2, 0) is 0 Å². The summed E-state index contributed by atoms with van der Waals surface area (Å²) in [6.07, 6.45) is 8.28. The lowest BCUT2D eigenvalue weighted by atomic mass is 9.79. The third-order valence-electron chi connectivity index (χ3n) is 6.88. The summed E-state index contributed by atoms with van der Waals surface area (Å²) in [6.45, 7) is 3.07. The van der Waals surface area contributed by atoms with Gasteiger partial charge in [-0.15, -0.1) is 8.58 Å². The first kappa shape index (κ1) is 21.6. The molecule has 2 aromatic rings. The molecule has 0 bridgehead atoms. The van der Waals surface area contributed by atoms with Gasteiger partial charge in [-0.05, 0) is 116 Å². The SMILES string of the molecule is COc1ccc(F)c([C@H]2CC[C@H](COc3cccc([C@H](CPC)C4CC4)c3)CC2)c1. The Morgan fingerprint density at radius 1 is 1.00 bits per heavy atom. The summed E-state index contributed by atoms with van der Waals surface area (Å²) >= 11 is 0. The lowest BCUT2D eigenvalue weighted by Crippen LogP contribution is -2.20. The minimum absolute atomic E-state index is 0.106. The van der Waals surface area contributed by atoms with E-state index in [1.54, 1.807) is 13.2 Å². The van der Waals surface area contributed by atoms with Crippen LogP contribution in [0.2, 0.25) is 0 Å². The molecule has 4 heteroatoms. The molecule has 0 spiro atoms. The highest BCUT2D eigenvalue weighted by Gasteiger charge is 2.31. The molecule has 30 heavy (non-hydrogen) atoms. The fraction of sp³-hybridized carbons (Fsp3) is 0.538. The average Bonchev–Trinajstić information content (AvgIpc) is 3.62. The maximum absolute atomic E-state index is 14.3. The van der Waals surface area contributed by atoms with Gasteiger partial charge < -0.3 is 9.47 Å². The molecule has 4 rings (SSSR count).